The topological polar surface area (TPSA) is 154 Å². The molecular formula is C7H21B4F4NO8. The minimum atomic E-state index is -2.67. The van der Waals surface area contributed by atoms with Gasteiger partial charge in [0, 0.05) is 12.1 Å². The Balaban J connectivity index is -0.000000304. The van der Waals surface area contributed by atoms with Crippen LogP contribution in [0.5, 0.6) is 0 Å². The van der Waals surface area contributed by atoms with Crippen molar-refractivity contribution in [2.75, 3.05) is 6.54 Å². The highest BCUT2D eigenvalue weighted by Crippen LogP contribution is 2.31. The van der Waals surface area contributed by atoms with E-state index in [-0.39, 0.29) is 5.54 Å². The molecule has 17 heteroatoms. The Morgan fingerprint density at radius 1 is 0.917 bits per heavy atom. The van der Waals surface area contributed by atoms with Gasteiger partial charge in [-0.1, -0.05) is 6.92 Å². The van der Waals surface area contributed by atoms with E-state index in [1.165, 1.54) is 0 Å². The number of hydrogen-bond acceptors (Lipinski definition) is 9. The second kappa shape index (κ2) is 16.1. The second-order valence-corrected chi connectivity index (χ2v) is 4.39. The molecule has 1 atom stereocenters. The van der Waals surface area contributed by atoms with Gasteiger partial charge in [-0.15, -0.1) is 0 Å². The molecule has 0 radical (unpaired) electrons. The van der Waals surface area contributed by atoms with Gasteiger partial charge < -0.3 is 35.2 Å². The number of hydroxylamine groups is 2. The summed E-state index contributed by atoms with van der Waals surface area (Å²) >= 11 is 0. The quantitative estimate of drug-likeness (QED) is 0.220. The zero-order valence-corrected chi connectivity index (χ0v) is 13.1. The van der Waals surface area contributed by atoms with Gasteiger partial charge in [0.25, 0.3) is 0 Å². The van der Waals surface area contributed by atoms with Crippen LogP contribution >= 0.6 is 0 Å². The monoisotopic (exact) mass is 367 g/mol. The Kier molecular flexibility index (Phi) is 19.1. The first-order valence-electron chi connectivity index (χ1n) is 6.55. The Labute approximate surface area is 138 Å². The van der Waals surface area contributed by atoms with Crippen LogP contribution in [0.2, 0.25) is 0 Å². The van der Waals surface area contributed by atoms with Gasteiger partial charge in [0.15, 0.2) is 0 Å². The summed E-state index contributed by atoms with van der Waals surface area (Å²) in [7, 11) is -10.2. The molecule has 1 fully saturated rings. The molecule has 1 aliphatic heterocycles. The van der Waals surface area contributed by atoms with E-state index in [4.69, 9.17) is 35.2 Å². The van der Waals surface area contributed by atoms with Crippen molar-refractivity contribution in [2.45, 2.75) is 38.6 Å². The molecule has 0 amide bonds. The van der Waals surface area contributed by atoms with Gasteiger partial charge in [-0.3, -0.25) is 22.0 Å². The first-order chi connectivity index (χ1) is 10.8. The van der Waals surface area contributed by atoms with Crippen molar-refractivity contribution in [3.63, 3.8) is 0 Å². The van der Waals surface area contributed by atoms with Gasteiger partial charge >= 0.3 is 29.6 Å². The predicted molar refractivity (Wildman–Crippen MR) is 78.7 cm³/mol. The molecule has 0 spiro atoms. The van der Waals surface area contributed by atoms with Gasteiger partial charge in [0.1, 0.15) is 0 Å². The zero-order chi connectivity index (χ0) is 19.9. The van der Waals surface area contributed by atoms with Crippen LogP contribution in [-0.2, 0) is 4.76 Å². The van der Waals surface area contributed by atoms with Crippen LogP contribution in [0, 0.1) is 0 Å². The molecule has 0 aromatic heterocycles. The average Bonchev–Trinajstić information content (AvgIpc) is 2.69. The standard InChI is InChI=1S/C7H15BFNO2.3BFH2O2/c1-3-7(2)5-4-6-10(7)12-8(9)11;3*2-1(3)4/h11H,3-6H2,1-2H3;3*3-4H. The minimum absolute atomic E-state index is 0.104. The van der Waals surface area contributed by atoms with Crippen LogP contribution in [0.25, 0.3) is 0 Å². The van der Waals surface area contributed by atoms with Crippen LogP contribution in [0.4, 0.5) is 17.3 Å². The number of hydrogen-bond donors (Lipinski definition) is 7. The molecule has 1 aliphatic rings. The van der Waals surface area contributed by atoms with E-state index < -0.39 is 29.6 Å². The molecule has 0 saturated carbocycles. The largest absolute Gasteiger partial charge is 0.695 e. The summed E-state index contributed by atoms with van der Waals surface area (Å²) in [6.45, 7) is 4.75. The van der Waals surface area contributed by atoms with E-state index in [2.05, 4.69) is 4.76 Å². The summed E-state index contributed by atoms with van der Waals surface area (Å²) in [4.78, 5) is 0. The molecule has 1 unspecified atom stereocenters. The molecule has 1 rings (SSSR count). The molecule has 0 aliphatic carbocycles. The maximum atomic E-state index is 12.1. The lowest BCUT2D eigenvalue weighted by Gasteiger charge is -2.32. The van der Waals surface area contributed by atoms with Crippen molar-refractivity contribution in [3.8, 4) is 0 Å². The molecule has 7 N–H and O–H groups in total. The summed E-state index contributed by atoms with van der Waals surface area (Å²) in [6.07, 6.45) is 2.90. The third-order valence-corrected chi connectivity index (χ3v) is 2.65. The van der Waals surface area contributed by atoms with Crippen LogP contribution in [-0.4, -0.2) is 81.9 Å². The first kappa shape index (κ1) is 28.4. The third-order valence-electron chi connectivity index (χ3n) is 2.65. The van der Waals surface area contributed by atoms with E-state index in [1.807, 2.05) is 13.8 Å². The molecule has 142 valence electrons. The van der Waals surface area contributed by atoms with Crippen molar-refractivity contribution >= 4 is 29.6 Å². The summed E-state index contributed by atoms with van der Waals surface area (Å²) in [5.41, 5.74) is -0.104. The maximum absolute atomic E-state index is 12.1. The van der Waals surface area contributed by atoms with Crippen LogP contribution in [0.15, 0.2) is 0 Å². The molecule has 0 aromatic carbocycles. The number of halogens is 4. The van der Waals surface area contributed by atoms with Gasteiger partial charge in [0.05, 0.1) is 0 Å². The first-order valence-corrected chi connectivity index (χ1v) is 6.55. The Morgan fingerprint density at radius 2 is 1.25 bits per heavy atom. The fourth-order valence-corrected chi connectivity index (χ4v) is 1.64. The van der Waals surface area contributed by atoms with Gasteiger partial charge in [0.2, 0.25) is 0 Å². The van der Waals surface area contributed by atoms with E-state index in [1.54, 1.807) is 5.06 Å². The summed E-state index contributed by atoms with van der Waals surface area (Å²) < 4.78 is 47.1. The van der Waals surface area contributed by atoms with Gasteiger partial charge in [-0.05, 0) is 26.2 Å². The van der Waals surface area contributed by atoms with Gasteiger partial charge in [-0.25, -0.2) is 0 Å². The number of rotatable bonds is 3. The fraction of sp³-hybridized carbons (Fsp3) is 1.00. The van der Waals surface area contributed by atoms with Gasteiger partial charge in [-0.2, -0.15) is 5.06 Å². The van der Waals surface area contributed by atoms with Crippen molar-refractivity contribution in [3.05, 3.63) is 0 Å². The minimum Gasteiger partial charge on any atom is -0.398 e. The van der Waals surface area contributed by atoms with E-state index in [0.29, 0.717) is 6.54 Å². The summed E-state index contributed by atoms with van der Waals surface area (Å²) in [6, 6.07) is 0. The lowest BCUT2D eigenvalue weighted by atomic mass is 9.97. The second-order valence-electron chi connectivity index (χ2n) is 4.39. The number of nitrogens with zero attached hydrogens (tertiary/aromatic N) is 1. The summed E-state index contributed by atoms with van der Waals surface area (Å²) in [5, 5.41) is 51.6. The van der Waals surface area contributed by atoms with Crippen LogP contribution in [0.3, 0.4) is 0 Å². The normalized spacial score (nSPS) is 18.9. The summed E-state index contributed by atoms with van der Waals surface area (Å²) in [5.74, 6) is 0. The molecular weight excluding hydrogens is 345 g/mol. The molecule has 1 saturated heterocycles. The van der Waals surface area contributed by atoms with Crippen molar-refractivity contribution in [1.82, 2.24) is 5.06 Å². The van der Waals surface area contributed by atoms with Crippen LogP contribution in [0.1, 0.15) is 33.1 Å². The van der Waals surface area contributed by atoms with Crippen molar-refractivity contribution in [2.24, 2.45) is 0 Å². The molecule has 24 heavy (non-hydrogen) atoms. The lowest BCUT2D eigenvalue weighted by molar-refractivity contribution is -0.137. The average molecular weight is 366 g/mol. The third kappa shape index (κ3) is 23.9. The van der Waals surface area contributed by atoms with Crippen molar-refractivity contribution in [1.29, 1.82) is 0 Å². The van der Waals surface area contributed by atoms with E-state index >= 15 is 0 Å². The SMILES string of the molecule is CCC1(C)CCCN1OB(O)F.OB(O)F.OB(O)F.OB(O)F. The van der Waals surface area contributed by atoms with E-state index in [9.17, 15) is 17.3 Å². The highest BCUT2D eigenvalue weighted by molar-refractivity contribution is 6.33. The molecule has 0 bridgehead atoms. The highest BCUT2D eigenvalue weighted by Gasteiger charge is 2.38. The Bertz CT molecular complexity index is 264. The predicted octanol–water partition coefficient (Wildman–Crippen LogP) is -2.09. The maximum Gasteiger partial charge on any atom is 0.695 e. The smallest absolute Gasteiger partial charge is 0.398 e. The molecule has 9 nitrogen and oxygen atoms in total. The Morgan fingerprint density at radius 3 is 1.50 bits per heavy atom. The van der Waals surface area contributed by atoms with Crippen LogP contribution < -0.4 is 0 Å². The van der Waals surface area contributed by atoms with Crippen molar-refractivity contribution < 1.29 is 57.2 Å². The molecule has 1 heterocycles. The molecule has 0 aromatic rings. The van der Waals surface area contributed by atoms with E-state index in [0.717, 1.165) is 19.3 Å². The zero-order valence-electron chi connectivity index (χ0n) is 13.1. The Hall–Kier alpha value is -0.380. The fourth-order valence-electron chi connectivity index (χ4n) is 1.64. The highest BCUT2D eigenvalue weighted by atomic mass is 19.1. The lowest BCUT2D eigenvalue weighted by Crippen LogP contribution is -2.43.